The van der Waals surface area contributed by atoms with E-state index in [9.17, 15) is 13.2 Å². The molecule has 2 N–H and O–H groups in total. The molecule has 1 aliphatic heterocycles. The molecule has 28 heavy (non-hydrogen) atoms. The molecule has 1 amide bonds. The van der Waals surface area contributed by atoms with E-state index in [0.717, 1.165) is 24.9 Å². The van der Waals surface area contributed by atoms with Gasteiger partial charge < -0.3 is 10.6 Å². The Labute approximate surface area is 167 Å². The van der Waals surface area contributed by atoms with Crippen molar-refractivity contribution in [1.82, 2.24) is 4.31 Å². The summed E-state index contributed by atoms with van der Waals surface area (Å²) in [6, 6.07) is 13.9. The number of amides is 1. The predicted molar refractivity (Wildman–Crippen MR) is 112 cm³/mol. The maximum atomic E-state index is 13.0. The van der Waals surface area contributed by atoms with Gasteiger partial charge in [-0.2, -0.15) is 4.31 Å². The monoisotopic (exact) mass is 401 g/mol. The number of carbonyl (C=O) groups is 1. The largest absolute Gasteiger partial charge is 0.374 e. The Bertz CT molecular complexity index is 923. The second-order valence-corrected chi connectivity index (χ2v) is 9.07. The molecule has 0 spiro atoms. The molecule has 0 radical (unpaired) electrons. The van der Waals surface area contributed by atoms with Crippen LogP contribution in [-0.4, -0.2) is 37.8 Å². The fourth-order valence-corrected chi connectivity index (χ4v) is 5.07. The minimum absolute atomic E-state index is 0.188. The van der Waals surface area contributed by atoms with Crippen LogP contribution in [-0.2, 0) is 14.8 Å². The molecule has 1 saturated heterocycles. The molecule has 0 bridgehead atoms. The number of rotatable bonds is 6. The molecule has 1 heterocycles. The molecule has 0 unspecified atom stereocenters. The summed E-state index contributed by atoms with van der Waals surface area (Å²) in [4.78, 5) is 12.7. The van der Waals surface area contributed by atoms with Crippen LogP contribution in [0.2, 0.25) is 0 Å². The molecule has 2 aromatic rings. The third-order valence-corrected chi connectivity index (χ3v) is 6.98. The lowest BCUT2D eigenvalue weighted by molar-refractivity contribution is -0.116. The minimum atomic E-state index is -3.53. The van der Waals surface area contributed by atoms with E-state index in [1.165, 1.54) is 0 Å². The lowest BCUT2D eigenvalue weighted by Crippen LogP contribution is -2.36. The van der Waals surface area contributed by atoms with Gasteiger partial charge in [-0.1, -0.05) is 30.7 Å². The first-order valence-electron chi connectivity index (χ1n) is 9.61. The lowest BCUT2D eigenvalue weighted by Gasteiger charge is -2.27. The first kappa shape index (κ1) is 20.4. The zero-order chi connectivity index (χ0) is 20.1. The second kappa shape index (κ2) is 8.75. The van der Waals surface area contributed by atoms with E-state index in [1.807, 2.05) is 30.3 Å². The highest BCUT2D eigenvalue weighted by atomic mass is 32.2. The second-order valence-electron chi connectivity index (χ2n) is 7.17. The van der Waals surface area contributed by atoms with E-state index >= 15 is 0 Å². The summed E-state index contributed by atoms with van der Waals surface area (Å²) in [6.45, 7) is 4.67. The zero-order valence-electron chi connectivity index (χ0n) is 16.3. The Kier molecular flexibility index (Phi) is 6.36. The minimum Gasteiger partial charge on any atom is -0.374 e. The molecule has 150 valence electrons. The third-order valence-electron chi connectivity index (χ3n) is 4.94. The summed E-state index contributed by atoms with van der Waals surface area (Å²) in [6.07, 6.45) is 2.86. The van der Waals surface area contributed by atoms with Crippen molar-refractivity contribution in [2.45, 2.75) is 44.0 Å². The molecule has 3 rings (SSSR count). The van der Waals surface area contributed by atoms with Gasteiger partial charge in [-0.05, 0) is 56.5 Å². The van der Waals surface area contributed by atoms with Crippen LogP contribution in [0.25, 0.3) is 0 Å². The smallest absolute Gasteiger partial charge is 0.246 e. The van der Waals surface area contributed by atoms with Crippen molar-refractivity contribution >= 4 is 27.3 Å². The molecular weight excluding hydrogens is 374 g/mol. The van der Waals surface area contributed by atoms with E-state index in [4.69, 9.17) is 0 Å². The van der Waals surface area contributed by atoms with Crippen molar-refractivity contribution in [3.8, 4) is 0 Å². The van der Waals surface area contributed by atoms with Gasteiger partial charge in [-0.3, -0.25) is 4.79 Å². The van der Waals surface area contributed by atoms with Gasteiger partial charge in [0.1, 0.15) is 6.04 Å². The van der Waals surface area contributed by atoms with Crippen LogP contribution in [0.5, 0.6) is 0 Å². The van der Waals surface area contributed by atoms with Crippen LogP contribution < -0.4 is 10.6 Å². The number of para-hydroxylation sites is 1. The van der Waals surface area contributed by atoms with E-state index in [-0.39, 0.29) is 5.91 Å². The van der Waals surface area contributed by atoms with Crippen molar-refractivity contribution in [2.24, 2.45) is 0 Å². The number of hydrogen-bond acceptors (Lipinski definition) is 4. The quantitative estimate of drug-likeness (QED) is 0.775. The highest BCUT2D eigenvalue weighted by Crippen LogP contribution is 2.26. The Morgan fingerprint density at radius 2 is 1.68 bits per heavy atom. The summed E-state index contributed by atoms with van der Waals surface area (Å²) in [5.41, 5.74) is 2.04. The van der Waals surface area contributed by atoms with Gasteiger partial charge in [0.15, 0.2) is 0 Å². The Balaban J connectivity index is 1.74. The lowest BCUT2D eigenvalue weighted by atomic mass is 10.2. The number of benzene rings is 2. The van der Waals surface area contributed by atoms with E-state index < -0.39 is 16.1 Å². The van der Waals surface area contributed by atoms with Gasteiger partial charge >= 0.3 is 0 Å². The summed E-state index contributed by atoms with van der Waals surface area (Å²) in [5.74, 6) is -0.188. The molecule has 0 aliphatic carbocycles. The standard InChI is InChI=1S/C21H27N3O3S/c1-16-11-12-19(15-20(16)28(26,27)24-13-7-4-8-14-24)22-17(2)21(25)23-18-9-5-3-6-10-18/h3,5-6,9-12,15,17,22H,4,7-8,13-14H2,1-2H3,(H,23,25)/t17-/m1/s1. The van der Waals surface area contributed by atoms with Crippen LogP contribution in [0, 0.1) is 6.92 Å². The third kappa shape index (κ3) is 4.72. The maximum absolute atomic E-state index is 13.0. The van der Waals surface area contributed by atoms with Gasteiger partial charge in [0.05, 0.1) is 4.90 Å². The topological polar surface area (TPSA) is 78.5 Å². The summed E-state index contributed by atoms with van der Waals surface area (Å²) >= 11 is 0. The van der Waals surface area contributed by atoms with Gasteiger partial charge in [0.25, 0.3) is 0 Å². The first-order chi connectivity index (χ1) is 13.4. The average Bonchev–Trinajstić information content (AvgIpc) is 2.70. The zero-order valence-corrected chi connectivity index (χ0v) is 17.1. The highest BCUT2D eigenvalue weighted by Gasteiger charge is 2.27. The number of anilines is 2. The van der Waals surface area contributed by atoms with Crippen LogP contribution in [0.3, 0.4) is 0 Å². The molecule has 1 aliphatic rings. The number of sulfonamides is 1. The van der Waals surface area contributed by atoms with Crippen LogP contribution in [0.15, 0.2) is 53.4 Å². The summed E-state index contributed by atoms with van der Waals surface area (Å²) in [5, 5.41) is 5.95. The molecule has 1 fully saturated rings. The maximum Gasteiger partial charge on any atom is 0.246 e. The number of nitrogens with one attached hydrogen (secondary N) is 2. The van der Waals surface area contributed by atoms with Gasteiger partial charge in [0.2, 0.25) is 15.9 Å². The number of piperidine rings is 1. The van der Waals surface area contributed by atoms with E-state index in [2.05, 4.69) is 10.6 Å². The summed E-state index contributed by atoms with van der Waals surface area (Å²) < 4.78 is 27.6. The molecule has 2 aromatic carbocycles. The first-order valence-corrected chi connectivity index (χ1v) is 11.1. The fourth-order valence-electron chi connectivity index (χ4n) is 3.30. The molecule has 7 heteroatoms. The Morgan fingerprint density at radius 1 is 1.00 bits per heavy atom. The number of carbonyl (C=O) groups excluding carboxylic acids is 1. The van der Waals surface area contributed by atoms with Gasteiger partial charge in [-0.25, -0.2) is 8.42 Å². The van der Waals surface area contributed by atoms with Crippen molar-refractivity contribution in [3.05, 3.63) is 54.1 Å². The Morgan fingerprint density at radius 3 is 2.36 bits per heavy atom. The molecule has 6 nitrogen and oxygen atoms in total. The van der Waals surface area contributed by atoms with Crippen molar-refractivity contribution in [3.63, 3.8) is 0 Å². The fraction of sp³-hybridized carbons (Fsp3) is 0.381. The molecule has 0 saturated carbocycles. The van der Waals surface area contributed by atoms with Crippen LogP contribution in [0.4, 0.5) is 11.4 Å². The van der Waals surface area contributed by atoms with E-state index in [0.29, 0.717) is 29.2 Å². The predicted octanol–water partition coefficient (Wildman–Crippen LogP) is 3.61. The molecular formula is C21H27N3O3S. The van der Waals surface area contributed by atoms with Crippen molar-refractivity contribution < 1.29 is 13.2 Å². The highest BCUT2D eigenvalue weighted by molar-refractivity contribution is 7.89. The van der Waals surface area contributed by atoms with Crippen molar-refractivity contribution in [2.75, 3.05) is 23.7 Å². The van der Waals surface area contributed by atoms with Crippen LogP contribution >= 0.6 is 0 Å². The van der Waals surface area contributed by atoms with Gasteiger partial charge in [0, 0.05) is 24.5 Å². The van der Waals surface area contributed by atoms with E-state index in [1.54, 1.807) is 36.4 Å². The SMILES string of the molecule is Cc1ccc(N[C@H](C)C(=O)Nc2ccccc2)cc1S(=O)(=O)N1CCCCC1. The molecule has 0 aromatic heterocycles. The normalized spacial score (nSPS) is 16.4. The number of hydrogen-bond donors (Lipinski definition) is 2. The molecule has 1 atom stereocenters. The summed E-state index contributed by atoms with van der Waals surface area (Å²) in [7, 11) is -3.53. The number of nitrogens with zero attached hydrogens (tertiary/aromatic N) is 1. The van der Waals surface area contributed by atoms with Gasteiger partial charge in [-0.15, -0.1) is 0 Å². The average molecular weight is 402 g/mol. The van der Waals surface area contributed by atoms with Crippen molar-refractivity contribution in [1.29, 1.82) is 0 Å². The number of aryl methyl sites for hydroxylation is 1. The van der Waals surface area contributed by atoms with Crippen LogP contribution in [0.1, 0.15) is 31.7 Å². The Hall–Kier alpha value is -2.38.